The summed E-state index contributed by atoms with van der Waals surface area (Å²) >= 11 is 3.36. The molecule has 0 bridgehead atoms. The molecular formula is C23H15BrN2O5. The smallest absolute Gasteiger partial charge is 0.300 e. The van der Waals surface area contributed by atoms with Crippen molar-refractivity contribution in [1.29, 1.82) is 0 Å². The van der Waals surface area contributed by atoms with Crippen LogP contribution in [0.4, 0.5) is 5.69 Å². The molecule has 2 aliphatic heterocycles. The number of ketones is 1. The number of hydrogen-bond donors (Lipinski definition) is 1. The quantitative estimate of drug-likeness (QED) is 0.344. The van der Waals surface area contributed by atoms with Gasteiger partial charge in [-0.25, -0.2) is 0 Å². The molecule has 31 heavy (non-hydrogen) atoms. The number of benzene rings is 2. The molecule has 0 saturated carbocycles. The minimum absolute atomic E-state index is 0.0104. The number of halogens is 1. The van der Waals surface area contributed by atoms with E-state index in [0.717, 1.165) is 4.47 Å². The summed E-state index contributed by atoms with van der Waals surface area (Å²) in [6.07, 6.45) is 3.16. The molecule has 1 unspecified atom stereocenters. The summed E-state index contributed by atoms with van der Waals surface area (Å²) in [5.74, 6) is -0.688. The summed E-state index contributed by atoms with van der Waals surface area (Å²) in [6, 6.07) is 14.5. The Morgan fingerprint density at radius 1 is 1.00 bits per heavy atom. The van der Waals surface area contributed by atoms with Crippen molar-refractivity contribution in [3.8, 4) is 11.5 Å². The van der Waals surface area contributed by atoms with Crippen LogP contribution in [0, 0.1) is 0 Å². The van der Waals surface area contributed by atoms with Gasteiger partial charge in [0, 0.05) is 34.2 Å². The molecular weight excluding hydrogens is 464 g/mol. The zero-order valence-corrected chi connectivity index (χ0v) is 17.6. The third-order valence-corrected chi connectivity index (χ3v) is 5.75. The molecule has 5 rings (SSSR count). The van der Waals surface area contributed by atoms with Crippen LogP contribution < -0.4 is 14.4 Å². The van der Waals surface area contributed by atoms with E-state index in [-0.39, 0.29) is 18.1 Å². The van der Waals surface area contributed by atoms with Crippen molar-refractivity contribution >= 4 is 39.1 Å². The molecule has 0 spiro atoms. The first-order valence-corrected chi connectivity index (χ1v) is 10.2. The highest BCUT2D eigenvalue weighted by molar-refractivity contribution is 9.10. The summed E-state index contributed by atoms with van der Waals surface area (Å²) < 4.78 is 11.6. The van der Waals surface area contributed by atoms with E-state index in [1.807, 2.05) is 0 Å². The Kier molecular flexibility index (Phi) is 4.71. The van der Waals surface area contributed by atoms with E-state index in [4.69, 9.17) is 9.47 Å². The zero-order valence-electron chi connectivity index (χ0n) is 16.0. The van der Waals surface area contributed by atoms with Crippen molar-refractivity contribution in [2.45, 2.75) is 6.04 Å². The van der Waals surface area contributed by atoms with E-state index in [1.165, 1.54) is 4.90 Å². The highest BCUT2D eigenvalue weighted by Gasteiger charge is 2.47. The molecule has 1 amide bonds. The van der Waals surface area contributed by atoms with Crippen LogP contribution in [0.15, 0.2) is 77.0 Å². The topological polar surface area (TPSA) is 89.0 Å². The van der Waals surface area contributed by atoms with Gasteiger partial charge in [0.05, 0.1) is 11.6 Å². The molecule has 0 radical (unpaired) electrons. The first-order chi connectivity index (χ1) is 15.0. The fraction of sp³-hybridized carbons (Fsp3) is 0.0870. The molecule has 1 fully saturated rings. The molecule has 154 valence electrons. The Balaban J connectivity index is 1.70. The average Bonchev–Trinajstić information content (AvgIpc) is 3.36. The summed E-state index contributed by atoms with van der Waals surface area (Å²) in [5, 5.41) is 11.1. The molecule has 1 N–H and O–H groups in total. The van der Waals surface area contributed by atoms with Crippen molar-refractivity contribution in [2.24, 2.45) is 0 Å². The third kappa shape index (κ3) is 3.25. The molecule has 3 aromatic rings. The van der Waals surface area contributed by atoms with E-state index >= 15 is 0 Å². The highest BCUT2D eigenvalue weighted by Crippen LogP contribution is 2.44. The van der Waals surface area contributed by atoms with Gasteiger partial charge in [-0.05, 0) is 42.0 Å². The number of rotatable bonds is 3. The van der Waals surface area contributed by atoms with Crippen LogP contribution in [0.5, 0.6) is 11.5 Å². The Morgan fingerprint density at radius 2 is 1.71 bits per heavy atom. The second-order valence-electron chi connectivity index (χ2n) is 6.99. The van der Waals surface area contributed by atoms with Crippen LogP contribution >= 0.6 is 15.9 Å². The number of Topliss-reactive ketones (excluding diaryl/α,β-unsaturated/α-hetero) is 1. The van der Waals surface area contributed by atoms with Crippen LogP contribution in [0.2, 0.25) is 0 Å². The fourth-order valence-corrected chi connectivity index (χ4v) is 4.02. The van der Waals surface area contributed by atoms with Crippen molar-refractivity contribution in [2.75, 3.05) is 11.7 Å². The highest BCUT2D eigenvalue weighted by atomic mass is 79.9. The normalized spacial score (nSPS) is 19.1. The molecule has 1 atom stereocenters. The number of aromatic nitrogens is 1. The lowest BCUT2D eigenvalue weighted by atomic mass is 9.96. The predicted octanol–water partition coefficient (Wildman–Crippen LogP) is 4.20. The van der Waals surface area contributed by atoms with Gasteiger partial charge in [-0.3, -0.25) is 19.5 Å². The van der Waals surface area contributed by atoms with Gasteiger partial charge in [-0.15, -0.1) is 0 Å². The van der Waals surface area contributed by atoms with Gasteiger partial charge < -0.3 is 14.6 Å². The number of nitrogens with zero attached hydrogens (tertiary/aromatic N) is 2. The Morgan fingerprint density at radius 3 is 2.45 bits per heavy atom. The SMILES string of the molecule is O=C1C(=O)N(c2ccc3c(c2)OCO3)C(c2ccncc2)/C1=C(\O)c1ccc(Br)cc1. The van der Waals surface area contributed by atoms with Crippen molar-refractivity contribution < 1.29 is 24.2 Å². The van der Waals surface area contributed by atoms with Crippen LogP contribution in [0.1, 0.15) is 17.2 Å². The largest absolute Gasteiger partial charge is 0.507 e. The van der Waals surface area contributed by atoms with E-state index in [2.05, 4.69) is 20.9 Å². The van der Waals surface area contributed by atoms with Crippen molar-refractivity contribution in [3.05, 3.63) is 88.2 Å². The molecule has 2 aliphatic rings. The van der Waals surface area contributed by atoms with Gasteiger partial charge >= 0.3 is 0 Å². The minimum Gasteiger partial charge on any atom is -0.507 e. The van der Waals surface area contributed by atoms with E-state index in [9.17, 15) is 14.7 Å². The second kappa shape index (κ2) is 7.55. The Labute approximate surface area is 185 Å². The second-order valence-corrected chi connectivity index (χ2v) is 7.91. The number of amides is 1. The first-order valence-electron chi connectivity index (χ1n) is 9.41. The first kappa shape index (κ1) is 19.3. The summed E-state index contributed by atoms with van der Waals surface area (Å²) in [7, 11) is 0. The number of carbonyl (C=O) groups is 2. The monoisotopic (exact) mass is 478 g/mol. The molecule has 0 aliphatic carbocycles. The fourth-order valence-electron chi connectivity index (χ4n) is 3.76. The van der Waals surface area contributed by atoms with E-state index < -0.39 is 17.7 Å². The third-order valence-electron chi connectivity index (χ3n) is 5.22. The Bertz CT molecular complexity index is 1220. The summed E-state index contributed by atoms with van der Waals surface area (Å²) in [5.41, 5.74) is 1.55. The molecule has 1 saturated heterocycles. The standard InChI is InChI=1S/C23H15BrN2O5/c24-15-3-1-14(2-4-15)21(27)19-20(13-7-9-25-10-8-13)26(23(29)22(19)28)16-5-6-17-18(11-16)31-12-30-17/h1-11,20,27H,12H2/b21-19+. The van der Waals surface area contributed by atoms with Gasteiger partial charge in [-0.1, -0.05) is 28.1 Å². The van der Waals surface area contributed by atoms with Crippen LogP contribution in [-0.4, -0.2) is 28.6 Å². The van der Waals surface area contributed by atoms with Crippen molar-refractivity contribution in [3.63, 3.8) is 0 Å². The number of hydrogen-bond acceptors (Lipinski definition) is 6. The lowest BCUT2D eigenvalue weighted by Gasteiger charge is -2.25. The molecule has 2 aromatic carbocycles. The molecule has 1 aromatic heterocycles. The number of aliphatic hydroxyl groups excluding tert-OH is 1. The number of aliphatic hydroxyl groups is 1. The number of carbonyl (C=O) groups excluding carboxylic acids is 2. The lowest BCUT2D eigenvalue weighted by Crippen LogP contribution is -2.29. The van der Waals surface area contributed by atoms with Crippen molar-refractivity contribution in [1.82, 2.24) is 4.98 Å². The number of anilines is 1. The maximum Gasteiger partial charge on any atom is 0.300 e. The number of fused-ring (bicyclic) bond motifs is 1. The zero-order chi connectivity index (χ0) is 21.5. The lowest BCUT2D eigenvalue weighted by molar-refractivity contribution is -0.132. The van der Waals surface area contributed by atoms with E-state index in [1.54, 1.807) is 67.0 Å². The average molecular weight is 479 g/mol. The maximum atomic E-state index is 13.1. The van der Waals surface area contributed by atoms with Gasteiger partial charge in [0.15, 0.2) is 11.5 Å². The molecule has 7 nitrogen and oxygen atoms in total. The van der Waals surface area contributed by atoms with E-state index in [0.29, 0.717) is 28.3 Å². The van der Waals surface area contributed by atoms with Gasteiger partial charge in [0.1, 0.15) is 5.76 Å². The van der Waals surface area contributed by atoms with Gasteiger partial charge in [0.25, 0.3) is 11.7 Å². The predicted molar refractivity (Wildman–Crippen MR) is 116 cm³/mol. The van der Waals surface area contributed by atoms with Crippen LogP contribution in [-0.2, 0) is 9.59 Å². The van der Waals surface area contributed by atoms with Crippen LogP contribution in [0.25, 0.3) is 5.76 Å². The number of pyridine rings is 1. The number of ether oxygens (including phenoxy) is 2. The summed E-state index contributed by atoms with van der Waals surface area (Å²) in [4.78, 5) is 31.6. The maximum absolute atomic E-state index is 13.1. The van der Waals surface area contributed by atoms with Gasteiger partial charge in [0.2, 0.25) is 6.79 Å². The summed E-state index contributed by atoms with van der Waals surface area (Å²) in [6.45, 7) is 0.0922. The van der Waals surface area contributed by atoms with Gasteiger partial charge in [-0.2, -0.15) is 0 Å². The minimum atomic E-state index is -0.827. The van der Waals surface area contributed by atoms with Crippen LogP contribution in [0.3, 0.4) is 0 Å². The Hall–Kier alpha value is -3.65. The molecule has 8 heteroatoms. The molecule has 3 heterocycles.